The van der Waals surface area contributed by atoms with Crippen LogP contribution < -0.4 is 31.0 Å². The number of hydrogen-bond acceptors (Lipinski definition) is 16. The Morgan fingerprint density at radius 2 is 1.73 bits per heavy atom. The van der Waals surface area contributed by atoms with Gasteiger partial charge in [0.1, 0.15) is 46.5 Å². The maximum absolute atomic E-state index is 14.3. The Hall–Kier alpha value is -6.40. The van der Waals surface area contributed by atoms with Gasteiger partial charge in [-0.25, -0.2) is 14.6 Å². The van der Waals surface area contributed by atoms with Gasteiger partial charge in [-0.05, 0) is 75.9 Å². The molecule has 432 valence electrons. The number of likely N-dealkylation sites (N-methyl/N-ethyl adjacent to an activating group) is 1. The molecule has 4 heterocycles. The summed E-state index contributed by atoms with van der Waals surface area (Å²) in [5.74, 6) is -5.05. The number of carbonyl (C=O) groups excluding carboxylic acids is 7. The molecule has 23 heteroatoms. The summed E-state index contributed by atoms with van der Waals surface area (Å²) < 4.78 is 25.7. The minimum atomic E-state index is -2.15. The summed E-state index contributed by atoms with van der Waals surface area (Å²) in [4.78, 5) is 95.6. The van der Waals surface area contributed by atoms with Crippen LogP contribution >= 0.6 is 11.6 Å². The number of epoxide rings is 1. The van der Waals surface area contributed by atoms with Crippen molar-refractivity contribution in [2.75, 3.05) is 53.3 Å². The molecule has 5 amide bonds. The lowest BCUT2D eigenvalue weighted by molar-refractivity contribution is -0.162. The average molecular weight is 1120 g/mol. The Bertz CT molecular complexity index is 2810. The zero-order valence-corrected chi connectivity index (χ0v) is 47.4. The van der Waals surface area contributed by atoms with Gasteiger partial charge in [0.15, 0.2) is 11.9 Å². The predicted molar refractivity (Wildman–Crippen MR) is 293 cm³/mol. The first-order chi connectivity index (χ1) is 37.3. The monoisotopic (exact) mass is 1120 g/mol. The van der Waals surface area contributed by atoms with Crippen LogP contribution in [0, 0.1) is 11.8 Å². The fourth-order valence-corrected chi connectivity index (χ4v) is 10.3. The number of ether oxygens (including phenoxy) is 4. The number of alkyl carbamates (subject to hydrolysis) is 1. The normalized spacial score (nSPS) is 25.6. The molecule has 3 aliphatic heterocycles. The van der Waals surface area contributed by atoms with Gasteiger partial charge in [0, 0.05) is 89.5 Å². The van der Waals surface area contributed by atoms with Crippen molar-refractivity contribution < 1.29 is 67.8 Å². The van der Waals surface area contributed by atoms with E-state index in [1.807, 2.05) is 56.4 Å². The van der Waals surface area contributed by atoms with Crippen LogP contribution in [0.1, 0.15) is 84.4 Å². The number of hydrogen-bond donors (Lipinski definition) is 7. The van der Waals surface area contributed by atoms with Crippen molar-refractivity contribution in [2.45, 2.75) is 141 Å². The summed E-state index contributed by atoms with van der Waals surface area (Å²) in [5, 5.41) is 43.7. The number of carbonyl (C=O) groups is 7. The fraction of sp³-hybridized carbons (Fsp3) is 0.554. The van der Waals surface area contributed by atoms with Gasteiger partial charge in [-0.3, -0.25) is 34.7 Å². The third kappa shape index (κ3) is 15.1. The number of Topliss-reactive ketones (excluding diaryl/α,β-unsaturated/α-hetero) is 1. The molecule has 2 saturated heterocycles. The molecule has 2 aromatic carbocycles. The van der Waals surface area contributed by atoms with Gasteiger partial charge in [-0.15, -0.1) is 0 Å². The van der Waals surface area contributed by atoms with Crippen LogP contribution in [-0.2, 0) is 62.5 Å². The van der Waals surface area contributed by atoms with Crippen LogP contribution in [0.3, 0.4) is 0 Å². The van der Waals surface area contributed by atoms with E-state index in [-0.39, 0.29) is 56.1 Å². The number of benzene rings is 2. The smallest absolute Gasteiger partial charge is 0.409 e. The molecule has 0 saturated carbocycles. The van der Waals surface area contributed by atoms with Gasteiger partial charge >= 0.3 is 12.1 Å². The number of amides is 5. The number of anilines is 1. The van der Waals surface area contributed by atoms with Crippen LogP contribution in [0.15, 0.2) is 66.3 Å². The number of methoxy groups -OCH3 is 1. The van der Waals surface area contributed by atoms with Crippen molar-refractivity contribution in [2.24, 2.45) is 11.8 Å². The van der Waals surface area contributed by atoms with Crippen molar-refractivity contribution in [3.8, 4) is 5.75 Å². The first kappa shape index (κ1) is 61.8. The number of esters is 1. The number of nitrogens with one attached hydrogen (secondary N) is 4. The van der Waals surface area contributed by atoms with E-state index < -0.39 is 102 Å². The van der Waals surface area contributed by atoms with Crippen LogP contribution in [-0.4, -0.2) is 168 Å². The molecule has 0 spiro atoms. The maximum atomic E-state index is 14.3. The largest absolute Gasteiger partial charge is 0.495 e. The number of halogens is 1. The quantitative estimate of drug-likeness (QED) is 0.0369. The molecule has 79 heavy (non-hydrogen) atoms. The lowest BCUT2D eigenvalue weighted by atomic mass is 9.82. The number of nitrogens with zero attached hydrogens (tertiary/aromatic N) is 4. The minimum absolute atomic E-state index is 0.0168. The Balaban J connectivity index is 1.03. The molecule has 4 bridgehead atoms. The zero-order valence-electron chi connectivity index (χ0n) is 46.7. The topological polar surface area (TPSA) is 283 Å². The van der Waals surface area contributed by atoms with E-state index in [4.69, 9.17) is 30.5 Å². The summed E-state index contributed by atoms with van der Waals surface area (Å²) >= 11 is 6.80. The number of aryl methyl sites for hydroxylation is 1. The van der Waals surface area contributed by atoms with Crippen LogP contribution in [0.5, 0.6) is 5.75 Å². The average Bonchev–Trinajstić information content (AvgIpc) is 4.19. The first-order valence-electron chi connectivity index (χ1n) is 26.5. The number of ketones is 1. The number of aliphatic hydroxyl groups is 3. The van der Waals surface area contributed by atoms with E-state index in [0.29, 0.717) is 30.9 Å². The van der Waals surface area contributed by atoms with Gasteiger partial charge < -0.3 is 59.3 Å². The molecular formula is C56H77ClN8O14. The molecule has 2 fully saturated rings. The second-order valence-electron chi connectivity index (χ2n) is 21.1. The predicted octanol–water partition coefficient (Wildman–Crippen LogP) is 3.44. The lowest BCUT2D eigenvalue weighted by Gasteiger charge is -2.41. The highest BCUT2D eigenvalue weighted by molar-refractivity contribution is 6.35. The number of allylic oxidation sites excluding steroid dienone is 3. The number of fused-ring (bicyclic) bond motifs is 6. The van der Waals surface area contributed by atoms with E-state index in [1.165, 1.54) is 33.0 Å². The zero-order chi connectivity index (χ0) is 58.1. The Labute approximate surface area is 465 Å². The third-order valence-electron chi connectivity index (χ3n) is 15.4. The summed E-state index contributed by atoms with van der Waals surface area (Å²) in [7, 11) is 8.06. The van der Waals surface area contributed by atoms with E-state index in [1.54, 1.807) is 45.1 Å². The number of para-hydroxylation sites is 1. The second-order valence-corrected chi connectivity index (χ2v) is 21.4. The molecule has 0 aliphatic carbocycles. The van der Waals surface area contributed by atoms with Gasteiger partial charge in [0.25, 0.3) is 5.91 Å². The van der Waals surface area contributed by atoms with E-state index >= 15 is 0 Å². The summed E-state index contributed by atoms with van der Waals surface area (Å²) in [6.07, 6.45) is -2.78. The molecular weight excluding hydrogens is 1040 g/mol. The lowest BCUT2D eigenvalue weighted by Crippen LogP contribution is -2.60. The summed E-state index contributed by atoms with van der Waals surface area (Å²) in [6.45, 7) is 9.33. The minimum Gasteiger partial charge on any atom is -0.495 e. The number of aliphatic hydroxyl groups excluding tert-OH is 2. The first-order valence-corrected chi connectivity index (χ1v) is 26.9. The Morgan fingerprint density at radius 3 is 2.44 bits per heavy atom. The van der Waals surface area contributed by atoms with Crippen molar-refractivity contribution in [3.63, 3.8) is 0 Å². The number of aromatic nitrogens is 1. The fourth-order valence-electron chi connectivity index (χ4n) is 9.94. The van der Waals surface area contributed by atoms with Crippen molar-refractivity contribution >= 4 is 69.7 Å². The maximum Gasteiger partial charge on any atom is 0.409 e. The molecule has 6 rings (SSSR count). The highest BCUT2D eigenvalue weighted by Gasteiger charge is 2.64. The molecule has 3 aliphatic rings. The highest BCUT2D eigenvalue weighted by atomic mass is 35.5. The van der Waals surface area contributed by atoms with Crippen molar-refractivity contribution in [1.82, 2.24) is 35.9 Å². The standard InChI is InChI=1S/C56H77ClN8O14/c1-32-15-13-16-33(2)56(75)30-43(77-54(74)61-56)34(3)51-55(5,79-51)44(29-47(69)64(9)40-26-36(25-32)27-42(76-10)48(40)57)78-53(73)35(4)63(8)46(68)20-23-60-52(72)50(71)49(70)41(66)19-14-22-59-45(67)21-24-65-38(31-62(7)58-6)28-37-17-11-12-18-39(37)65/h11-13,15-18,26-28,33-35,43-44,49-51,58,70-71,75H,14,19-25,29-31H2,1-10H3,(H,59,67)(H,60,72)(H,61,74)/b16-13+,32-15+/t33-,34-,35+,43+,44+,49-,50-,51+,55-,56+/m1/s1. The van der Waals surface area contributed by atoms with Crippen LogP contribution in [0.2, 0.25) is 5.02 Å². The summed E-state index contributed by atoms with van der Waals surface area (Å²) in [6, 6.07) is 12.3. The van der Waals surface area contributed by atoms with Gasteiger partial charge in [-0.2, -0.15) is 0 Å². The van der Waals surface area contributed by atoms with Gasteiger partial charge in [0.2, 0.25) is 17.7 Å². The molecule has 7 N–H and O–H groups in total. The molecule has 3 aromatic rings. The van der Waals surface area contributed by atoms with Gasteiger partial charge in [0.05, 0.1) is 31.9 Å². The van der Waals surface area contributed by atoms with Crippen LogP contribution in [0.4, 0.5) is 10.5 Å². The molecule has 0 unspecified atom stereocenters. The molecule has 1 aromatic heterocycles. The summed E-state index contributed by atoms with van der Waals surface area (Å²) in [5.41, 5.74) is 4.10. The van der Waals surface area contributed by atoms with Gasteiger partial charge in [-0.1, -0.05) is 67.4 Å². The van der Waals surface area contributed by atoms with E-state index in [9.17, 15) is 48.9 Å². The van der Waals surface area contributed by atoms with Crippen LogP contribution in [0.25, 0.3) is 10.9 Å². The third-order valence-corrected chi connectivity index (χ3v) is 15.7. The second kappa shape index (κ2) is 26.7. The van der Waals surface area contributed by atoms with E-state index in [0.717, 1.165) is 32.6 Å². The van der Waals surface area contributed by atoms with Crippen molar-refractivity contribution in [1.29, 1.82) is 0 Å². The SMILES string of the molecule is CNN(C)Cc1cc2ccccc2n1CCC(=O)NCCCC(=O)[C@@H](O)[C@@H](O)C(=O)NCCC(=O)N(C)[C@@H](C)C(=O)O[C@H]1CC(=O)N(C)c2cc(cc(OC)c2Cl)C/C(C)=C/C=C/[C@@H](C)[C@@]2(O)C[C@H](OC(=O)N2)[C@@H](C)[C@@H]2O[C@]12C. The highest BCUT2D eigenvalue weighted by Crippen LogP contribution is 2.49. The Morgan fingerprint density at radius 1 is 1.01 bits per heavy atom. The molecule has 22 nitrogen and oxygen atoms in total. The Kier molecular flexibility index (Phi) is 20.9. The number of rotatable bonds is 20. The van der Waals surface area contributed by atoms with Crippen molar-refractivity contribution in [3.05, 3.63) is 82.5 Å². The number of hydrazine groups is 1. The van der Waals surface area contributed by atoms with E-state index in [2.05, 4.69) is 32.0 Å². The molecule has 10 atom stereocenters. The molecule has 0 radical (unpaired) electrons.